The number of methoxy groups -OCH3 is 1. The maximum Gasteiger partial charge on any atom is 0.384 e. The molecule has 0 fully saturated rings. The van der Waals surface area contributed by atoms with Gasteiger partial charge in [-0.1, -0.05) is 32.6 Å². The van der Waals surface area contributed by atoms with E-state index in [2.05, 4.69) is 23.5 Å². The highest BCUT2D eigenvalue weighted by atomic mass is 16.5. The van der Waals surface area contributed by atoms with Gasteiger partial charge in [-0.2, -0.15) is 0 Å². The van der Waals surface area contributed by atoms with Crippen LogP contribution in [0.5, 0.6) is 0 Å². The molecule has 0 aliphatic carbocycles. The molecule has 0 aromatic carbocycles. The molecule has 0 amide bonds. The van der Waals surface area contributed by atoms with Gasteiger partial charge in [0.25, 0.3) is 0 Å². The van der Waals surface area contributed by atoms with E-state index in [0.29, 0.717) is 6.42 Å². The van der Waals surface area contributed by atoms with Crippen molar-refractivity contribution in [3.63, 3.8) is 0 Å². The molecule has 0 saturated carbocycles. The van der Waals surface area contributed by atoms with Crippen molar-refractivity contribution in [1.29, 1.82) is 0 Å². The van der Waals surface area contributed by atoms with Crippen molar-refractivity contribution < 1.29 is 19.1 Å². The Bertz CT molecular complexity index is 311. The van der Waals surface area contributed by atoms with E-state index in [4.69, 9.17) is 4.74 Å². The molecule has 0 aliphatic rings. The molecule has 0 radical (unpaired) electrons. The van der Waals surface area contributed by atoms with E-state index in [1.165, 1.54) is 33.3 Å². The van der Waals surface area contributed by atoms with Crippen LogP contribution in [0.4, 0.5) is 0 Å². The molecule has 0 rings (SSSR count). The molecular weight excluding hydrogens is 232 g/mol. The van der Waals surface area contributed by atoms with E-state index in [1.807, 2.05) is 0 Å². The van der Waals surface area contributed by atoms with Crippen molar-refractivity contribution in [2.24, 2.45) is 0 Å². The normalized spacial score (nSPS) is 11.1. The zero-order valence-electron chi connectivity index (χ0n) is 11.5. The lowest BCUT2D eigenvalue weighted by Crippen LogP contribution is -2.14. The molecular formula is C14H22O4. The Morgan fingerprint density at radius 1 is 1.17 bits per heavy atom. The van der Waals surface area contributed by atoms with Crippen LogP contribution in [0.25, 0.3) is 0 Å². The van der Waals surface area contributed by atoms with Crippen molar-refractivity contribution >= 4 is 11.9 Å². The second-order valence-corrected chi connectivity index (χ2v) is 4.06. The first-order chi connectivity index (χ1) is 8.60. The first-order valence-electron chi connectivity index (χ1n) is 6.36. The fraction of sp³-hybridized carbons (Fsp3) is 0.714. The van der Waals surface area contributed by atoms with E-state index < -0.39 is 12.1 Å². The molecule has 18 heavy (non-hydrogen) atoms. The summed E-state index contributed by atoms with van der Waals surface area (Å²) in [5.41, 5.74) is 0. The lowest BCUT2D eigenvalue weighted by Gasteiger charge is -2.10. The zero-order valence-corrected chi connectivity index (χ0v) is 11.5. The zero-order chi connectivity index (χ0) is 13.8. The van der Waals surface area contributed by atoms with Crippen LogP contribution < -0.4 is 0 Å². The number of unbranched alkanes of at least 4 members (excludes halogenated alkanes) is 4. The van der Waals surface area contributed by atoms with Gasteiger partial charge in [-0.3, -0.25) is 4.79 Å². The molecule has 4 nitrogen and oxygen atoms in total. The second kappa shape index (κ2) is 10.6. The highest BCUT2D eigenvalue weighted by molar-refractivity contribution is 5.88. The van der Waals surface area contributed by atoms with Gasteiger partial charge in [-0.05, 0) is 18.8 Å². The van der Waals surface area contributed by atoms with Gasteiger partial charge in [0.1, 0.15) is 0 Å². The summed E-state index contributed by atoms with van der Waals surface area (Å²) in [4.78, 5) is 21.8. The summed E-state index contributed by atoms with van der Waals surface area (Å²) in [5.74, 6) is 3.93. The predicted octanol–water partition coefficient (Wildman–Crippen LogP) is 2.46. The van der Waals surface area contributed by atoms with Crippen LogP contribution in [-0.4, -0.2) is 25.2 Å². The molecule has 0 spiro atoms. The molecule has 4 heteroatoms. The van der Waals surface area contributed by atoms with Gasteiger partial charge in [0.15, 0.2) is 6.10 Å². The Labute approximate surface area is 109 Å². The monoisotopic (exact) mass is 254 g/mol. The minimum absolute atomic E-state index is 0.382. The Kier molecular flexibility index (Phi) is 9.75. The number of carbonyl (C=O) groups is 2. The van der Waals surface area contributed by atoms with Crippen LogP contribution in [0.15, 0.2) is 0 Å². The van der Waals surface area contributed by atoms with E-state index in [0.717, 1.165) is 12.8 Å². The third-order valence-corrected chi connectivity index (χ3v) is 2.40. The summed E-state index contributed by atoms with van der Waals surface area (Å²) in [6.45, 7) is 3.49. The Morgan fingerprint density at radius 3 is 2.39 bits per heavy atom. The van der Waals surface area contributed by atoms with Gasteiger partial charge >= 0.3 is 11.9 Å². The van der Waals surface area contributed by atoms with Crippen LogP contribution in [0.1, 0.15) is 52.4 Å². The minimum atomic E-state index is -0.613. The van der Waals surface area contributed by atoms with Crippen LogP contribution in [-0.2, 0) is 19.1 Å². The van der Waals surface area contributed by atoms with Crippen molar-refractivity contribution in [1.82, 2.24) is 0 Å². The average Bonchev–Trinajstić information content (AvgIpc) is 2.34. The number of carbonyl (C=O) groups excluding carboxylic acids is 2. The number of hydrogen-bond acceptors (Lipinski definition) is 4. The lowest BCUT2D eigenvalue weighted by molar-refractivity contribution is -0.144. The topological polar surface area (TPSA) is 52.6 Å². The quantitative estimate of drug-likeness (QED) is 0.303. The average molecular weight is 254 g/mol. The van der Waals surface area contributed by atoms with E-state index >= 15 is 0 Å². The van der Waals surface area contributed by atoms with Gasteiger partial charge in [-0.15, -0.1) is 0 Å². The fourth-order valence-corrected chi connectivity index (χ4v) is 1.48. The standard InChI is InChI=1S/C14H22O4/c1-4-5-6-7-8-9-13(18-12(2)15)10-11-14(16)17-3/h13H,4-9H2,1-3H3/t13-/m0/s1. The van der Waals surface area contributed by atoms with Gasteiger partial charge < -0.3 is 9.47 Å². The maximum absolute atomic E-state index is 10.9. The van der Waals surface area contributed by atoms with Crippen LogP contribution in [0, 0.1) is 11.8 Å². The highest BCUT2D eigenvalue weighted by Crippen LogP contribution is 2.09. The number of esters is 2. The number of ether oxygens (including phenoxy) is 2. The summed E-state index contributed by atoms with van der Waals surface area (Å²) in [5, 5.41) is 0. The summed E-state index contributed by atoms with van der Waals surface area (Å²) in [6.07, 6.45) is 5.75. The Morgan fingerprint density at radius 2 is 1.83 bits per heavy atom. The molecule has 102 valence electrons. The first kappa shape index (κ1) is 16.5. The third-order valence-electron chi connectivity index (χ3n) is 2.40. The summed E-state index contributed by atoms with van der Waals surface area (Å²) >= 11 is 0. The first-order valence-corrected chi connectivity index (χ1v) is 6.36. The van der Waals surface area contributed by atoms with Gasteiger partial charge in [0.2, 0.25) is 0 Å². The molecule has 0 N–H and O–H groups in total. The Hall–Kier alpha value is -1.50. The van der Waals surface area contributed by atoms with Crippen molar-refractivity contribution in [2.45, 2.75) is 58.5 Å². The van der Waals surface area contributed by atoms with E-state index in [-0.39, 0.29) is 5.97 Å². The molecule has 0 bridgehead atoms. The SMILES string of the molecule is CCCCCCC[C@@H](C#CC(=O)OC)OC(C)=O. The second-order valence-electron chi connectivity index (χ2n) is 4.06. The summed E-state index contributed by atoms with van der Waals surface area (Å²) in [7, 11) is 1.27. The largest absolute Gasteiger partial charge is 0.459 e. The molecule has 1 atom stereocenters. The number of rotatable bonds is 7. The molecule has 0 heterocycles. The molecule has 0 aromatic rings. The van der Waals surface area contributed by atoms with Crippen molar-refractivity contribution in [2.75, 3.05) is 7.11 Å². The van der Waals surface area contributed by atoms with Crippen LogP contribution in [0.2, 0.25) is 0 Å². The highest BCUT2D eigenvalue weighted by Gasteiger charge is 2.08. The van der Waals surface area contributed by atoms with Gasteiger partial charge in [-0.25, -0.2) is 4.79 Å². The molecule has 0 unspecified atom stereocenters. The van der Waals surface area contributed by atoms with E-state index in [9.17, 15) is 9.59 Å². The fourth-order valence-electron chi connectivity index (χ4n) is 1.48. The summed E-state index contributed by atoms with van der Waals surface area (Å²) < 4.78 is 9.44. The lowest BCUT2D eigenvalue weighted by atomic mass is 10.1. The third kappa shape index (κ3) is 9.71. The smallest absolute Gasteiger partial charge is 0.384 e. The molecule has 0 aliphatic heterocycles. The minimum Gasteiger partial charge on any atom is -0.459 e. The van der Waals surface area contributed by atoms with Crippen LogP contribution >= 0.6 is 0 Å². The maximum atomic E-state index is 10.9. The van der Waals surface area contributed by atoms with Crippen molar-refractivity contribution in [3.05, 3.63) is 0 Å². The van der Waals surface area contributed by atoms with E-state index in [1.54, 1.807) is 0 Å². The number of hydrogen-bond donors (Lipinski definition) is 0. The van der Waals surface area contributed by atoms with Crippen molar-refractivity contribution in [3.8, 4) is 11.8 Å². The summed E-state index contributed by atoms with van der Waals surface area (Å²) in [6, 6.07) is 0. The van der Waals surface area contributed by atoms with Crippen LogP contribution in [0.3, 0.4) is 0 Å². The predicted molar refractivity (Wildman–Crippen MR) is 68.7 cm³/mol. The Balaban J connectivity index is 4.09. The molecule has 0 aromatic heterocycles. The van der Waals surface area contributed by atoms with Gasteiger partial charge in [0.05, 0.1) is 7.11 Å². The molecule has 0 saturated heterocycles. The van der Waals surface area contributed by atoms with Gasteiger partial charge in [0, 0.05) is 12.8 Å².